The fourth-order valence-corrected chi connectivity index (χ4v) is 1.32. The topological polar surface area (TPSA) is 69.2 Å². The molecule has 0 heterocycles. The van der Waals surface area contributed by atoms with Crippen molar-refractivity contribution in [3.8, 4) is 12.1 Å². The van der Waals surface area contributed by atoms with Crippen LogP contribution >= 0.6 is 0 Å². The van der Waals surface area contributed by atoms with Gasteiger partial charge in [0.15, 0.2) is 0 Å². The van der Waals surface area contributed by atoms with E-state index >= 15 is 0 Å². The van der Waals surface area contributed by atoms with E-state index in [0.717, 1.165) is 0 Å². The van der Waals surface area contributed by atoms with Crippen LogP contribution in [0.5, 0.6) is 0 Å². The molecule has 0 atom stereocenters. The molecular formula is C11H14F3N3O. The second-order valence-corrected chi connectivity index (χ2v) is 3.93. The Morgan fingerprint density at radius 2 is 1.72 bits per heavy atom. The van der Waals surface area contributed by atoms with Gasteiger partial charge in [0.05, 0.1) is 17.9 Å². The molecule has 0 aliphatic carbocycles. The summed E-state index contributed by atoms with van der Waals surface area (Å²) in [6, 6.07) is 3.36. The molecule has 0 radical (unpaired) electrons. The van der Waals surface area contributed by atoms with Gasteiger partial charge in [0.2, 0.25) is 0 Å². The zero-order valence-electron chi connectivity index (χ0n) is 10.2. The average molecular weight is 261 g/mol. The van der Waals surface area contributed by atoms with Gasteiger partial charge in [-0.2, -0.15) is 23.7 Å². The molecule has 18 heavy (non-hydrogen) atoms. The van der Waals surface area contributed by atoms with E-state index in [4.69, 9.17) is 10.5 Å². The van der Waals surface area contributed by atoms with Gasteiger partial charge in [-0.25, -0.2) is 0 Å². The number of nitriles is 2. The van der Waals surface area contributed by atoms with Crippen LogP contribution in [0.4, 0.5) is 13.2 Å². The van der Waals surface area contributed by atoms with Crippen molar-refractivity contribution in [2.75, 3.05) is 7.11 Å². The van der Waals surface area contributed by atoms with Crippen LogP contribution < -0.4 is 0 Å². The van der Waals surface area contributed by atoms with Crippen molar-refractivity contribution in [3.05, 3.63) is 0 Å². The molecule has 0 aromatic rings. The first kappa shape index (κ1) is 16.2. The minimum absolute atomic E-state index is 0.00870. The van der Waals surface area contributed by atoms with Crippen molar-refractivity contribution < 1.29 is 18.0 Å². The lowest BCUT2D eigenvalue weighted by atomic mass is 9.81. The van der Waals surface area contributed by atoms with Gasteiger partial charge in [0, 0.05) is 6.42 Å². The van der Waals surface area contributed by atoms with E-state index in [2.05, 4.69) is 9.99 Å². The predicted octanol–water partition coefficient (Wildman–Crippen LogP) is 3.16. The Labute approximate surface area is 104 Å². The van der Waals surface area contributed by atoms with Gasteiger partial charge in [-0.1, -0.05) is 5.16 Å². The summed E-state index contributed by atoms with van der Waals surface area (Å²) in [6.07, 6.45) is -5.78. The molecule has 0 N–H and O–H groups in total. The number of oxime groups is 1. The van der Waals surface area contributed by atoms with Crippen LogP contribution in [0.2, 0.25) is 0 Å². The van der Waals surface area contributed by atoms with Gasteiger partial charge in [0.25, 0.3) is 0 Å². The molecule has 0 saturated carbocycles. The van der Waals surface area contributed by atoms with Crippen molar-refractivity contribution in [1.82, 2.24) is 0 Å². The van der Waals surface area contributed by atoms with E-state index in [1.807, 2.05) is 0 Å². The Morgan fingerprint density at radius 3 is 2.11 bits per heavy atom. The molecule has 0 amide bonds. The fourth-order valence-electron chi connectivity index (χ4n) is 1.32. The Bertz CT molecular complexity index is 362. The highest BCUT2D eigenvalue weighted by Gasteiger charge is 2.36. The van der Waals surface area contributed by atoms with Gasteiger partial charge in [-0.3, -0.25) is 0 Å². The minimum Gasteiger partial charge on any atom is -0.399 e. The van der Waals surface area contributed by atoms with E-state index in [-0.39, 0.29) is 12.8 Å². The van der Waals surface area contributed by atoms with Gasteiger partial charge in [-0.05, 0) is 26.2 Å². The minimum atomic E-state index is -4.37. The van der Waals surface area contributed by atoms with Gasteiger partial charge >= 0.3 is 6.18 Å². The largest absolute Gasteiger partial charge is 0.399 e. The number of hydrogen-bond acceptors (Lipinski definition) is 4. The van der Waals surface area contributed by atoms with Gasteiger partial charge < -0.3 is 4.84 Å². The summed E-state index contributed by atoms with van der Waals surface area (Å²) in [6.45, 7) is 1.62. The molecule has 0 unspecified atom stereocenters. The van der Waals surface area contributed by atoms with Gasteiger partial charge in [0.1, 0.15) is 12.5 Å². The fraction of sp³-hybridized carbons (Fsp3) is 0.727. The van der Waals surface area contributed by atoms with Crippen molar-refractivity contribution in [3.63, 3.8) is 0 Å². The van der Waals surface area contributed by atoms with E-state index < -0.39 is 24.4 Å². The SMILES string of the molecule is CON=C(C)CCC(C#N)(C#N)CCC(F)(F)F. The maximum Gasteiger partial charge on any atom is 0.389 e. The maximum absolute atomic E-state index is 12.1. The van der Waals surface area contributed by atoms with Crippen LogP contribution in [0, 0.1) is 28.1 Å². The second-order valence-electron chi connectivity index (χ2n) is 3.93. The normalized spacial score (nSPS) is 12.7. The first-order valence-corrected chi connectivity index (χ1v) is 5.24. The number of alkyl halides is 3. The molecule has 0 aromatic carbocycles. The molecule has 0 saturated heterocycles. The molecule has 7 heteroatoms. The molecule has 100 valence electrons. The van der Waals surface area contributed by atoms with E-state index in [1.165, 1.54) is 7.11 Å². The zero-order chi connectivity index (χ0) is 14.2. The van der Waals surface area contributed by atoms with Gasteiger partial charge in [-0.15, -0.1) is 0 Å². The Hall–Kier alpha value is -1.76. The van der Waals surface area contributed by atoms with E-state index in [9.17, 15) is 13.2 Å². The van der Waals surface area contributed by atoms with Crippen LogP contribution in [-0.2, 0) is 4.84 Å². The van der Waals surface area contributed by atoms with Crippen LogP contribution in [0.15, 0.2) is 5.16 Å². The van der Waals surface area contributed by atoms with Crippen LogP contribution in [0.25, 0.3) is 0 Å². The summed E-state index contributed by atoms with van der Waals surface area (Å²) in [5, 5.41) is 21.4. The first-order valence-electron chi connectivity index (χ1n) is 5.24. The molecule has 0 aliphatic rings. The average Bonchev–Trinajstić information content (AvgIpc) is 2.29. The number of hydrogen-bond donors (Lipinski definition) is 0. The Morgan fingerprint density at radius 1 is 1.17 bits per heavy atom. The summed E-state index contributed by atoms with van der Waals surface area (Å²) >= 11 is 0. The Balaban J connectivity index is 4.61. The Kier molecular flexibility index (Phi) is 6.18. The predicted molar refractivity (Wildman–Crippen MR) is 58.3 cm³/mol. The highest BCUT2D eigenvalue weighted by Crippen LogP contribution is 2.33. The standard InChI is InChI=1S/C11H14F3N3O/c1-9(17-18-2)3-4-10(7-15,8-16)5-6-11(12,13)14/h3-6H2,1-2H3. The molecular weight excluding hydrogens is 247 g/mol. The second kappa shape index (κ2) is 6.85. The summed E-state index contributed by atoms with van der Waals surface area (Å²) < 4.78 is 36.3. The monoisotopic (exact) mass is 261 g/mol. The molecule has 0 spiro atoms. The molecule has 0 bridgehead atoms. The lowest BCUT2D eigenvalue weighted by Crippen LogP contribution is -2.21. The summed E-state index contributed by atoms with van der Waals surface area (Å²) in [5.74, 6) is 0. The molecule has 0 rings (SSSR count). The highest BCUT2D eigenvalue weighted by atomic mass is 19.4. The van der Waals surface area contributed by atoms with Crippen molar-refractivity contribution >= 4 is 5.71 Å². The summed E-state index contributed by atoms with van der Waals surface area (Å²) in [5.41, 5.74) is -1.10. The van der Waals surface area contributed by atoms with Crippen molar-refractivity contribution in [1.29, 1.82) is 10.5 Å². The number of nitrogens with zero attached hydrogens (tertiary/aromatic N) is 3. The lowest BCUT2D eigenvalue weighted by Gasteiger charge is -2.19. The van der Waals surface area contributed by atoms with Crippen LogP contribution in [0.3, 0.4) is 0 Å². The summed E-state index contributed by atoms with van der Waals surface area (Å²) in [7, 11) is 1.34. The maximum atomic E-state index is 12.1. The third-order valence-corrected chi connectivity index (χ3v) is 2.42. The van der Waals surface area contributed by atoms with Crippen molar-refractivity contribution in [2.45, 2.75) is 38.8 Å². The smallest absolute Gasteiger partial charge is 0.389 e. The van der Waals surface area contributed by atoms with Crippen LogP contribution in [0.1, 0.15) is 32.6 Å². The molecule has 0 aliphatic heterocycles. The summed E-state index contributed by atoms with van der Waals surface area (Å²) in [4.78, 5) is 4.49. The number of rotatable bonds is 6. The van der Waals surface area contributed by atoms with E-state index in [0.29, 0.717) is 5.71 Å². The third kappa shape index (κ3) is 6.09. The molecule has 4 nitrogen and oxygen atoms in total. The quantitative estimate of drug-likeness (QED) is 0.544. The molecule has 0 fully saturated rings. The first-order chi connectivity index (χ1) is 8.28. The van der Waals surface area contributed by atoms with E-state index in [1.54, 1.807) is 19.1 Å². The third-order valence-electron chi connectivity index (χ3n) is 2.42. The lowest BCUT2D eigenvalue weighted by molar-refractivity contribution is -0.138. The molecule has 0 aromatic heterocycles. The highest BCUT2D eigenvalue weighted by molar-refractivity contribution is 5.81. The zero-order valence-corrected chi connectivity index (χ0v) is 10.2. The van der Waals surface area contributed by atoms with Crippen molar-refractivity contribution in [2.24, 2.45) is 10.6 Å². The van der Waals surface area contributed by atoms with Crippen LogP contribution in [-0.4, -0.2) is 19.0 Å². The number of halogens is 3.